The molecule has 2 fully saturated rings. The molecule has 0 radical (unpaired) electrons. The number of ether oxygens (including phenoxy) is 1. The van der Waals surface area contributed by atoms with Gasteiger partial charge in [-0.2, -0.15) is 0 Å². The molecule has 1 saturated carbocycles. The average Bonchev–Trinajstić information content (AvgIpc) is 2.30. The maximum atomic E-state index is 9.08. The summed E-state index contributed by atoms with van der Waals surface area (Å²) >= 11 is 0. The maximum Gasteiger partial charge on any atom is 0.0809 e. The number of hydrogen-bond acceptors (Lipinski definition) is 2. The van der Waals surface area contributed by atoms with E-state index in [0.29, 0.717) is 6.10 Å². The van der Waals surface area contributed by atoms with Crippen LogP contribution in [0.5, 0.6) is 0 Å². The number of rotatable bonds is 2. The van der Waals surface area contributed by atoms with Crippen LogP contribution in [0.15, 0.2) is 0 Å². The summed E-state index contributed by atoms with van der Waals surface area (Å²) in [6, 6.07) is 0. The van der Waals surface area contributed by atoms with Crippen molar-refractivity contribution in [2.45, 2.75) is 63.6 Å². The SMILES string of the molecule is OCC1CCCC(C2CCCCC2)O1. The van der Waals surface area contributed by atoms with E-state index >= 15 is 0 Å². The van der Waals surface area contributed by atoms with Gasteiger partial charge in [-0.05, 0) is 38.0 Å². The molecule has 2 rings (SSSR count). The van der Waals surface area contributed by atoms with Crippen LogP contribution in [0.25, 0.3) is 0 Å². The smallest absolute Gasteiger partial charge is 0.0809 e. The minimum absolute atomic E-state index is 0.135. The molecule has 0 bridgehead atoms. The molecule has 82 valence electrons. The molecule has 2 aliphatic rings. The molecule has 0 spiro atoms. The Morgan fingerprint density at radius 1 is 0.929 bits per heavy atom. The minimum atomic E-state index is 0.135. The Bertz CT molecular complexity index is 164. The van der Waals surface area contributed by atoms with E-state index in [1.807, 2.05) is 0 Å². The summed E-state index contributed by atoms with van der Waals surface area (Å²) < 4.78 is 5.93. The molecule has 2 nitrogen and oxygen atoms in total. The van der Waals surface area contributed by atoms with Gasteiger partial charge in [0.25, 0.3) is 0 Å². The molecular formula is C12H22O2. The fourth-order valence-electron chi connectivity index (χ4n) is 2.92. The highest BCUT2D eigenvalue weighted by Gasteiger charge is 2.29. The Morgan fingerprint density at radius 3 is 2.43 bits per heavy atom. The molecule has 0 aromatic rings. The standard InChI is InChI=1S/C12H22O2/c13-9-11-7-4-8-12(14-11)10-5-2-1-3-6-10/h10-13H,1-9H2. The molecule has 2 heteroatoms. The first-order valence-electron chi connectivity index (χ1n) is 6.16. The summed E-state index contributed by atoms with van der Waals surface area (Å²) in [6.45, 7) is 0.212. The number of aliphatic hydroxyl groups excluding tert-OH is 1. The summed E-state index contributed by atoms with van der Waals surface area (Å²) in [5, 5.41) is 9.08. The van der Waals surface area contributed by atoms with Crippen LogP contribution in [0.1, 0.15) is 51.4 Å². The zero-order chi connectivity index (χ0) is 9.80. The average molecular weight is 198 g/mol. The molecule has 0 amide bonds. The van der Waals surface area contributed by atoms with Crippen molar-refractivity contribution in [3.63, 3.8) is 0 Å². The Balaban J connectivity index is 1.83. The van der Waals surface area contributed by atoms with Crippen molar-refractivity contribution in [1.29, 1.82) is 0 Å². The zero-order valence-corrected chi connectivity index (χ0v) is 8.95. The van der Waals surface area contributed by atoms with E-state index in [4.69, 9.17) is 9.84 Å². The Hall–Kier alpha value is -0.0800. The predicted molar refractivity (Wildman–Crippen MR) is 56.2 cm³/mol. The van der Waals surface area contributed by atoms with Crippen molar-refractivity contribution in [3.8, 4) is 0 Å². The van der Waals surface area contributed by atoms with E-state index in [1.165, 1.54) is 44.9 Å². The second-order valence-corrected chi connectivity index (χ2v) is 4.81. The van der Waals surface area contributed by atoms with Gasteiger partial charge in [-0.3, -0.25) is 0 Å². The number of hydrogen-bond donors (Lipinski definition) is 1. The van der Waals surface area contributed by atoms with Crippen LogP contribution in [0.4, 0.5) is 0 Å². The second kappa shape index (κ2) is 5.13. The van der Waals surface area contributed by atoms with Crippen LogP contribution < -0.4 is 0 Å². The quantitative estimate of drug-likeness (QED) is 0.738. The zero-order valence-electron chi connectivity index (χ0n) is 8.95. The topological polar surface area (TPSA) is 29.5 Å². The molecule has 14 heavy (non-hydrogen) atoms. The van der Waals surface area contributed by atoms with E-state index < -0.39 is 0 Å². The van der Waals surface area contributed by atoms with Crippen LogP contribution in [-0.4, -0.2) is 23.9 Å². The van der Waals surface area contributed by atoms with Gasteiger partial charge in [0, 0.05) is 0 Å². The lowest BCUT2D eigenvalue weighted by atomic mass is 9.82. The molecule has 1 aliphatic heterocycles. The predicted octanol–water partition coefficient (Wildman–Crippen LogP) is 2.50. The van der Waals surface area contributed by atoms with Gasteiger partial charge >= 0.3 is 0 Å². The Kier molecular flexibility index (Phi) is 3.82. The molecular weight excluding hydrogens is 176 g/mol. The monoisotopic (exact) mass is 198 g/mol. The lowest BCUT2D eigenvalue weighted by Crippen LogP contribution is -2.35. The van der Waals surface area contributed by atoms with E-state index in [-0.39, 0.29) is 12.7 Å². The van der Waals surface area contributed by atoms with Crippen LogP contribution in [0.3, 0.4) is 0 Å². The van der Waals surface area contributed by atoms with E-state index in [2.05, 4.69) is 0 Å². The van der Waals surface area contributed by atoms with Crippen molar-refractivity contribution in [3.05, 3.63) is 0 Å². The molecule has 1 saturated heterocycles. The summed E-state index contributed by atoms with van der Waals surface area (Å²) in [5.41, 5.74) is 0. The molecule has 0 aromatic carbocycles. The van der Waals surface area contributed by atoms with Gasteiger partial charge in [-0.1, -0.05) is 19.3 Å². The second-order valence-electron chi connectivity index (χ2n) is 4.81. The van der Waals surface area contributed by atoms with Gasteiger partial charge in [-0.15, -0.1) is 0 Å². The van der Waals surface area contributed by atoms with E-state index in [0.717, 1.165) is 12.3 Å². The third-order valence-electron chi connectivity index (χ3n) is 3.76. The minimum Gasteiger partial charge on any atom is -0.394 e. The lowest BCUT2D eigenvalue weighted by Gasteiger charge is -2.36. The first-order valence-corrected chi connectivity index (χ1v) is 6.16. The third-order valence-corrected chi connectivity index (χ3v) is 3.76. The van der Waals surface area contributed by atoms with E-state index in [1.54, 1.807) is 0 Å². The fraction of sp³-hybridized carbons (Fsp3) is 1.00. The van der Waals surface area contributed by atoms with Crippen molar-refractivity contribution >= 4 is 0 Å². The highest BCUT2D eigenvalue weighted by molar-refractivity contribution is 4.79. The summed E-state index contributed by atoms with van der Waals surface area (Å²) in [4.78, 5) is 0. The summed E-state index contributed by atoms with van der Waals surface area (Å²) in [6.07, 6.45) is 11.0. The molecule has 2 atom stereocenters. The Morgan fingerprint density at radius 2 is 1.71 bits per heavy atom. The summed E-state index contributed by atoms with van der Waals surface area (Å²) in [7, 11) is 0. The van der Waals surface area contributed by atoms with Crippen molar-refractivity contribution in [2.24, 2.45) is 5.92 Å². The molecule has 1 N–H and O–H groups in total. The molecule has 1 aliphatic carbocycles. The summed E-state index contributed by atoms with van der Waals surface area (Å²) in [5.74, 6) is 0.790. The van der Waals surface area contributed by atoms with Crippen LogP contribution in [0, 0.1) is 5.92 Å². The van der Waals surface area contributed by atoms with Gasteiger partial charge in [-0.25, -0.2) is 0 Å². The van der Waals surface area contributed by atoms with Gasteiger partial charge in [0.05, 0.1) is 18.8 Å². The van der Waals surface area contributed by atoms with E-state index in [9.17, 15) is 0 Å². The highest BCUT2D eigenvalue weighted by atomic mass is 16.5. The maximum absolute atomic E-state index is 9.08. The Labute approximate surface area is 86.6 Å². The van der Waals surface area contributed by atoms with Gasteiger partial charge in [0.15, 0.2) is 0 Å². The van der Waals surface area contributed by atoms with Crippen LogP contribution in [0.2, 0.25) is 0 Å². The van der Waals surface area contributed by atoms with Crippen molar-refractivity contribution in [1.82, 2.24) is 0 Å². The van der Waals surface area contributed by atoms with Gasteiger partial charge < -0.3 is 9.84 Å². The van der Waals surface area contributed by atoms with Crippen molar-refractivity contribution in [2.75, 3.05) is 6.61 Å². The largest absolute Gasteiger partial charge is 0.394 e. The highest BCUT2D eigenvalue weighted by Crippen LogP contribution is 2.33. The first kappa shape index (κ1) is 10.4. The number of aliphatic hydroxyl groups is 1. The van der Waals surface area contributed by atoms with Crippen LogP contribution >= 0.6 is 0 Å². The third kappa shape index (κ3) is 2.48. The normalized spacial score (nSPS) is 35.8. The van der Waals surface area contributed by atoms with Crippen molar-refractivity contribution < 1.29 is 9.84 Å². The first-order chi connectivity index (χ1) is 6.90. The molecule has 2 unspecified atom stereocenters. The molecule has 0 aromatic heterocycles. The fourth-order valence-corrected chi connectivity index (χ4v) is 2.92. The van der Waals surface area contributed by atoms with Gasteiger partial charge in [0.2, 0.25) is 0 Å². The van der Waals surface area contributed by atoms with Gasteiger partial charge in [0.1, 0.15) is 0 Å². The van der Waals surface area contributed by atoms with Crippen LogP contribution in [-0.2, 0) is 4.74 Å². The molecule has 1 heterocycles. The lowest BCUT2D eigenvalue weighted by molar-refractivity contribution is -0.100.